The summed E-state index contributed by atoms with van der Waals surface area (Å²) in [6, 6.07) is 18.0. The van der Waals surface area contributed by atoms with Gasteiger partial charge in [0.25, 0.3) is 0 Å². The third kappa shape index (κ3) is 4.22. The van der Waals surface area contributed by atoms with Gasteiger partial charge < -0.3 is 5.32 Å². The molecule has 172 valence electrons. The van der Waals surface area contributed by atoms with E-state index in [2.05, 4.69) is 22.4 Å². The van der Waals surface area contributed by atoms with Crippen molar-refractivity contribution in [2.45, 2.75) is 37.5 Å². The van der Waals surface area contributed by atoms with Crippen molar-refractivity contribution in [1.82, 2.24) is 10.3 Å². The predicted molar refractivity (Wildman–Crippen MR) is 131 cm³/mol. The fraction of sp³-hybridized carbons (Fsp3) is 0.385. The number of pyridine rings is 1. The normalized spacial score (nSPS) is 22.5. The third-order valence-corrected chi connectivity index (χ3v) is 8.39. The molecular formula is C26H29N3O3S. The molecule has 1 amide bonds. The van der Waals surface area contributed by atoms with Gasteiger partial charge in [0.2, 0.25) is 15.9 Å². The van der Waals surface area contributed by atoms with Crippen LogP contribution in [0.5, 0.6) is 0 Å². The summed E-state index contributed by atoms with van der Waals surface area (Å²) in [6.45, 7) is 1.07. The molecule has 6 nitrogen and oxygen atoms in total. The molecule has 3 aromatic rings. The van der Waals surface area contributed by atoms with E-state index in [0.29, 0.717) is 13.1 Å². The minimum Gasteiger partial charge on any atom is -0.356 e. The molecule has 2 heterocycles. The molecule has 5 rings (SSSR count). The lowest BCUT2D eigenvalue weighted by molar-refractivity contribution is -0.126. The van der Waals surface area contributed by atoms with Gasteiger partial charge in [-0.3, -0.25) is 14.1 Å². The van der Waals surface area contributed by atoms with Gasteiger partial charge in [-0.2, -0.15) is 0 Å². The summed E-state index contributed by atoms with van der Waals surface area (Å²) in [4.78, 5) is 17.3. The van der Waals surface area contributed by atoms with Crippen LogP contribution in [0.2, 0.25) is 0 Å². The van der Waals surface area contributed by atoms with Crippen molar-refractivity contribution in [1.29, 1.82) is 0 Å². The van der Waals surface area contributed by atoms with Crippen molar-refractivity contribution >= 4 is 32.5 Å². The van der Waals surface area contributed by atoms with Gasteiger partial charge in [-0.15, -0.1) is 0 Å². The highest BCUT2D eigenvalue weighted by Gasteiger charge is 2.47. The Morgan fingerprint density at radius 1 is 1.12 bits per heavy atom. The molecule has 2 aromatic carbocycles. The van der Waals surface area contributed by atoms with Crippen molar-refractivity contribution in [3.63, 3.8) is 0 Å². The van der Waals surface area contributed by atoms with Crippen LogP contribution in [0.1, 0.15) is 36.8 Å². The van der Waals surface area contributed by atoms with Gasteiger partial charge in [0.15, 0.2) is 0 Å². The lowest BCUT2D eigenvalue weighted by Crippen LogP contribution is -2.42. The van der Waals surface area contributed by atoms with E-state index in [9.17, 15) is 13.2 Å². The van der Waals surface area contributed by atoms with Gasteiger partial charge in [0, 0.05) is 36.0 Å². The Labute approximate surface area is 195 Å². The van der Waals surface area contributed by atoms with Crippen LogP contribution in [0, 0.1) is 5.92 Å². The lowest BCUT2D eigenvalue weighted by Gasteiger charge is -2.37. The largest absolute Gasteiger partial charge is 0.356 e. The van der Waals surface area contributed by atoms with Crippen LogP contribution in [0.4, 0.5) is 5.69 Å². The summed E-state index contributed by atoms with van der Waals surface area (Å²) in [7, 11) is -3.32. The average Bonchev–Trinajstić information content (AvgIpc) is 3.14. The van der Waals surface area contributed by atoms with Crippen molar-refractivity contribution in [2.75, 3.05) is 23.7 Å². The van der Waals surface area contributed by atoms with Crippen LogP contribution >= 0.6 is 0 Å². The van der Waals surface area contributed by atoms with E-state index in [4.69, 9.17) is 0 Å². The van der Waals surface area contributed by atoms with Crippen LogP contribution in [-0.4, -0.2) is 38.7 Å². The van der Waals surface area contributed by atoms with E-state index in [1.165, 1.54) is 6.26 Å². The average molecular weight is 464 g/mol. The molecule has 0 radical (unpaired) electrons. The zero-order chi connectivity index (χ0) is 23.1. The number of hydrogen-bond acceptors (Lipinski definition) is 4. The van der Waals surface area contributed by atoms with E-state index in [-0.39, 0.29) is 17.2 Å². The first-order chi connectivity index (χ1) is 15.9. The molecule has 33 heavy (non-hydrogen) atoms. The minimum atomic E-state index is -3.32. The first kappa shape index (κ1) is 21.9. The molecule has 1 N–H and O–H groups in total. The summed E-state index contributed by atoms with van der Waals surface area (Å²) in [5, 5.41) is 4.22. The second kappa shape index (κ2) is 8.45. The molecule has 2 aliphatic rings. The molecule has 1 spiro atoms. The molecule has 0 bridgehead atoms. The second-order valence-corrected chi connectivity index (χ2v) is 11.3. The molecule has 0 unspecified atom stereocenters. The highest BCUT2D eigenvalue weighted by Crippen LogP contribution is 2.50. The van der Waals surface area contributed by atoms with Crippen molar-refractivity contribution in [2.24, 2.45) is 5.92 Å². The lowest BCUT2D eigenvalue weighted by atomic mass is 9.67. The maximum atomic E-state index is 12.8. The number of nitrogens with one attached hydrogen (secondary N) is 1. The number of carbonyl (C=O) groups is 1. The van der Waals surface area contributed by atoms with Gasteiger partial charge in [-0.1, -0.05) is 36.4 Å². The summed E-state index contributed by atoms with van der Waals surface area (Å²) < 4.78 is 26.3. The van der Waals surface area contributed by atoms with E-state index in [0.717, 1.165) is 59.8 Å². The van der Waals surface area contributed by atoms with E-state index in [1.54, 1.807) is 4.31 Å². The Morgan fingerprint density at radius 2 is 1.85 bits per heavy atom. The quantitative estimate of drug-likeness (QED) is 0.624. The van der Waals surface area contributed by atoms with Crippen LogP contribution in [0.25, 0.3) is 10.9 Å². The molecule has 1 aromatic heterocycles. The number of anilines is 1. The number of carbonyl (C=O) groups excluding carboxylic acids is 1. The highest BCUT2D eigenvalue weighted by atomic mass is 32.2. The highest BCUT2D eigenvalue weighted by molar-refractivity contribution is 7.92. The number of nitrogens with zero attached hydrogens (tertiary/aromatic N) is 2. The number of hydrogen-bond donors (Lipinski definition) is 1. The molecule has 0 atom stereocenters. The van der Waals surface area contributed by atoms with Gasteiger partial charge in [-0.05, 0) is 61.4 Å². The zero-order valence-corrected chi connectivity index (χ0v) is 19.6. The molecule has 1 aliphatic heterocycles. The van der Waals surface area contributed by atoms with Crippen molar-refractivity contribution in [3.8, 4) is 0 Å². The number of benzene rings is 2. The number of sulfonamides is 1. The van der Waals surface area contributed by atoms with Gasteiger partial charge in [-0.25, -0.2) is 8.42 Å². The van der Waals surface area contributed by atoms with Gasteiger partial charge in [0.05, 0.1) is 17.5 Å². The Kier molecular flexibility index (Phi) is 5.60. The molecule has 1 saturated carbocycles. The maximum absolute atomic E-state index is 12.8. The molecule has 1 fully saturated rings. The van der Waals surface area contributed by atoms with Crippen LogP contribution in [0.15, 0.2) is 60.8 Å². The first-order valence-electron chi connectivity index (χ1n) is 11.5. The van der Waals surface area contributed by atoms with Crippen molar-refractivity contribution in [3.05, 3.63) is 71.9 Å². The first-order valence-corrected chi connectivity index (χ1v) is 13.4. The standard InChI is InChI=1S/C26H29N3O3S/c1-33(31,32)29-18-26(22-7-3-5-9-24(22)29)13-10-20(11-14-26)25(30)27-15-12-19-16-21-6-2-4-8-23(21)28-17-19/h2-9,16-17,20H,10-15,18H2,1H3,(H,27,30)/t20-,26-. The fourth-order valence-electron chi connectivity index (χ4n) is 5.47. The number of para-hydroxylation sites is 2. The zero-order valence-electron chi connectivity index (χ0n) is 18.8. The summed E-state index contributed by atoms with van der Waals surface area (Å²) in [5.74, 6) is 0.0784. The van der Waals surface area contributed by atoms with Crippen LogP contribution in [-0.2, 0) is 26.7 Å². The van der Waals surface area contributed by atoms with Gasteiger partial charge in [0.1, 0.15) is 0 Å². The number of aromatic nitrogens is 1. The van der Waals surface area contributed by atoms with Gasteiger partial charge >= 0.3 is 0 Å². The molecular weight excluding hydrogens is 434 g/mol. The summed E-state index contributed by atoms with van der Waals surface area (Å²) >= 11 is 0. The van der Waals surface area contributed by atoms with E-state index in [1.807, 2.05) is 48.7 Å². The molecule has 7 heteroatoms. The number of rotatable bonds is 5. The smallest absolute Gasteiger partial charge is 0.232 e. The Morgan fingerprint density at radius 3 is 2.64 bits per heavy atom. The fourth-order valence-corrected chi connectivity index (χ4v) is 6.47. The molecule has 0 saturated heterocycles. The second-order valence-electron chi connectivity index (χ2n) is 9.42. The Hall–Kier alpha value is -2.93. The Balaban J connectivity index is 1.19. The van der Waals surface area contributed by atoms with E-state index < -0.39 is 10.0 Å². The summed E-state index contributed by atoms with van der Waals surface area (Å²) in [6.07, 6.45) is 7.09. The number of amides is 1. The number of fused-ring (bicyclic) bond motifs is 3. The van der Waals surface area contributed by atoms with Crippen LogP contribution in [0.3, 0.4) is 0 Å². The monoisotopic (exact) mass is 463 g/mol. The van der Waals surface area contributed by atoms with E-state index >= 15 is 0 Å². The SMILES string of the molecule is CS(=O)(=O)N1C[C@]2(CC[C@@H](C(=O)NCCc3cnc4ccccc4c3)CC2)c2ccccc21. The maximum Gasteiger partial charge on any atom is 0.232 e. The minimum absolute atomic E-state index is 0.0233. The summed E-state index contributed by atoms with van der Waals surface area (Å²) in [5.41, 5.74) is 3.81. The van der Waals surface area contributed by atoms with Crippen molar-refractivity contribution < 1.29 is 13.2 Å². The molecule has 1 aliphatic carbocycles. The van der Waals surface area contributed by atoms with Crippen LogP contribution < -0.4 is 9.62 Å². The third-order valence-electron chi connectivity index (χ3n) is 7.26. The Bertz CT molecular complexity index is 1300. The predicted octanol–water partition coefficient (Wildman–Crippen LogP) is 3.80. The topological polar surface area (TPSA) is 79.4 Å².